The van der Waals surface area contributed by atoms with Gasteiger partial charge in [0.25, 0.3) is 10.1 Å². The van der Waals surface area contributed by atoms with Gasteiger partial charge in [0.15, 0.2) is 11.6 Å². The summed E-state index contributed by atoms with van der Waals surface area (Å²) in [6, 6.07) is 24.3. The second-order valence-electron chi connectivity index (χ2n) is 8.31. The van der Waals surface area contributed by atoms with E-state index in [1.165, 1.54) is 12.1 Å². The summed E-state index contributed by atoms with van der Waals surface area (Å²) < 4.78 is 34.0. The van der Waals surface area contributed by atoms with Crippen LogP contribution in [0.15, 0.2) is 89.8 Å². The summed E-state index contributed by atoms with van der Waals surface area (Å²) in [6.07, 6.45) is 0. The van der Waals surface area contributed by atoms with Crippen LogP contribution in [0.1, 0.15) is 37.4 Å². The molecule has 0 bridgehead atoms. The van der Waals surface area contributed by atoms with E-state index >= 15 is 0 Å². The number of nitrogens with two attached hydrogens (primary N) is 1. The molecular weight excluding hydrogens is 478 g/mol. The van der Waals surface area contributed by atoms with Crippen LogP contribution in [-0.2, 0) is 16.7 Å². The third-order valence-electron chi connectivity index (χ3n) is 5.96. The van der Waals surface area contributed by atoms with Crippen molar-refractivity contribution in [3.05, 3.63) is 113 Å². The van der Waals surface area contributed by atoms with Crippen LogP contribution < -0.4 is 16.4 Å². The minimum absolute atomic E-state index is 0.0416. The Hall–Kier alpha value is -4.47. The fourth-order valence-corrected chi connectivity index (χ4v) is 4.91. The van der Waals surface area contributed by atoms with Gasteiger partial charge in [0.05, 0.1) is 22.5 Å². The van der Waals surface area contributed by atoms with E-state index in [1.54, 1.807) is 30.3 Å². The number of nitrogens with one attached hydrogen (secondary N) is 2. The van der Waals surface area contributed by atoms with Gasteiger partial charge in [0.2, 0.25) is 0 Å². The normalized spacial score (nSPS) is 12.6. The van der Waals surface area contributed by atoms with Crippen molar-refractivity contribution in [2.75, 3.05) is 16.4 Å². The van der Waals surface area contributed by atoms with E-state index in [2.05, 4.69) is 10.6 Å². The molecule has 5 rings (SSSR count). The van der Waals surface area contributed by atoms with Crippen LogP contribution in [0.2, 0.25) is 0 Å². The van der Waals surface area contributed by atoms with Crippen LogP contribution in [-0.4, -0.2) is 24.5 Å². The molecule has 0 aromatic heterocycles. The van der Waals surface area contributed by atoms with Gasteiger partial charge in [-0.15, -0.1) is 0 Å². The largest absolute Gasteiger partial charge is 0.397 e. The molecule has 5 N–H and O–H groups in total. The van der Waals surface area contributed by atoms with Crippen molar-refractivity contribution in [2.45, 2.75) is 11.4 Å². The first-order valence-corrected chi connectivity index (χ1v) is 12.5. The lowest BCUT2D eigenvalue weighted by Crippen LogP contribution is -2.25. The fraction of sp³-hybridized carbons (Fsp3) is 0.0370. The van der Waals surface area contributed by atoms with Crippen LogP contribution in [0.4, 0.5) is 22.7 Å². The Labute approximate surface area is 207 Å². The maximum atomic E-state index is 13.4. The Morgan fingerprint density at radius 3 is 2.03 bits per heavy atom. The molecule has 0 amide bonds. The van der Waals surface area contributed by atoms with E-state index in [4.69, 9.17) is 5.73 Å². The first-order chi connectivity index (χ1) is 17.2. The number of ketones is 2. The number of carbonyl (C=O) groups is 2. The lowest BCUT2D eigenvalue weighted by Gasteiger charge is -2.23. The zero-order valence-corrected chi connectivity index (χ0v) is 19.7. The first kappa shape index (κ1) is 23.3. The van der Waals surface area contributed by atoms with Gasteiger partial charge < -0.3 is 16.4 Å². The monoisotopic (exact) mass is 499 g/mol. The number of hydrogen-bond acceptors (Lipinski definition) is 7. The second kappa shape index (κ2) is 8.95. The Kier molecular flexibility index (Phi) is 5.79. The molecule has 1 aliphatic carbocycles. The summed E-state index contributed by atoms with van der Waals surface area (Å²) in [7, 11) is -4.79. The molecule has 180 valence electrons. The number of benzene rings is 4. The van der Waals surface area contributed by atoms with Crippen molar-refractivity contribution in [1.82, 2.24) is 0 Å². The van der Waals surface area contributed by atoms with Gasteiger partial charge in [-0.05, 0) is 29.8 Å². The molecule has 0 saturated carbocycles. The Morgan fingerprint density at radius 1 is 0.750 bits per heavy atom. The smallest absolute Gasteiger partial charge is 0.296 e. The van der Waals surface area contributed by atoms with Gasteiger partial charge in [-0.2, -0.15) is 8.42 Å². The SMILES string of the molecule is Nc1c(S(=O)(=O)O)cc(Nc2cccc(NCc3ccccc3)c2)c2c1C(=O)c1ccccc1C2=O. The molecule has 0 unspecified atom stereocenters. The van der Waals surface area contributed by atoms with Gasteiger partial charge in [-0.1, -0.05) is 60.7 Å². The maximum Gasteiger partial charge on any atom is 0.296 e. The van der Waals surface area contributed by atoms with Gasteiger partial charge in [0.1, 0.15) is 4.90 Å². The second-order valence-corrected chi connectivity index (χ2v) is 9.70. The minimum Gasteiger partial charge on any atom is -0.397 e. The van der Waals surface area contributed by atoms with E-state index in [-0.39, 0.29) is 27.9 Å². The molecule has 8 nitrogen and oxygen atoms in total. The van der Waals surface area contributed by atoms with E-state index in [9.17, 15) is 22.6 Å². The summed E-state index contributed by atoms with van der Waals surface area (Å²) in [4.78, 5) is 26.1. The van der Waals surface area contributed by atoms with Gasteiger partial charge in [-0.3, -0.25) is 14.1 Å². The molecule has 0 saturated heterocycles. The molecule has 0 atom stereocenters. The van der Waals surface area contributed by atoms with Gasteiger partial charge >= 0.3 is 0 Å². The van der Waals surface area contributed by atoms with E-state index in [0.717, 1.165) is 17.3 Å². The van der Waals surface area contributed by atoms with E-state index < -0.39 is 32.3 Å². The maximum absolute atomic E-state index is 13.4. The number of carbonyl (C=O) groups excluding carboxylic acids is 2. The van der Waals surface area contributed by atoms with Crippen molar-refractivity contribution in [1.29, 1.82) is 0 Å². The molecule has 0 spiro atoms. The van der Waals surface area contributed by atoms with Crippen LogP contribution in [0, 0.1) is 0 Å². The van der Waals surface area contributed by atoms with Gasteiger partial charge in [-0.25, -0.2) is 0 Å². The van der Waals surface area contributed by atoms with Crippen molar-refractivity contribution in [3.63, 3.8) is 0 Å². The molecule has 1 aliphatic rings. The average Bonchev–Trinajstić information content (AvgIpc) is 2.87. The highest BCUT2D eigenvalue weighted by atomic mass is 32.2. The van der Waals surface area contributed by atoms with Crippen LogP contribution in [0.3, 0.4) is 0 Å². The molecule has 4 aromatic carbocycles. The van der Waals surface area contributed by atoms with Crippen LogP contribution in [0.25, 0.3) is 0 Å². The topological polar surface area (TPSA) is 139 Å². The molecule has 0 aliphatic heterocycles. The van der Waals surface area contributed by atoms with Crippen molar-refractivity contribution >= 4 is 44.4 Å². The van der Waals surface area contributed by atoms with Crippen LogP contribution >= 0.6 is 0 Å². The molecule has 4 aromatic rings. The molecule has 0 fully saturated rings. The van der Waals surface area contributed by atoms with E-state index in [1.807, 2.05) is 36.4 Å². The predicted molar refractivity (Wildman–Crippen MR) is 137 cm³/mol. The number of rotatable bonds is 6. The highest BCUT2D eigenvalue weighted by Gasteiger charge is 2.36. The quantitative estimate of drug-likeness (QED) is 0.196. The Morgan fingerprint density at radius 2 is 1.36 bits per heavy atom. The lowest BCUT2D eigenvalue weighted by atomic mass is 9.82. The average molecular weight is 500 g/mol. The zero-order valence-electron chi connectivity index (χ0n) is 18.9. The summed E-state index contributed by atoms with van der Waals surface area (Å²) in [5, 5.41) is 6.35. The minimum atomic E-state index is -4.79. The molecule has 9 heteroatoms. The first-order valence-electron chi connectivity index (χ1n) is 11.0. The summed E-state index contributed by atoms with van der Waals surface area (Å²) in [6.45, 7) is 0.582. The number of hydrogen-bond donors (Lipinski definition) is 4. The van der Waals surface area contributed by atoms with E-state index in [0.29, 0.717) is 12.2 Å². The van der Waals surface area contributed by atoms with Crippen molar-refractivity contribution < 1.29 is 22.6 Å². The summed E-state index contributed by atoms with van der Waals surface area (Å²) >= 11 is 0. The molecule has 0 radical (unpaired) electrons. The molecular formula is C27H21N3O5S. The summed E-state index contributed by atoms with van der Waals surface area (Å²) in [5.41, 5.74) is 8.00. The molecule has 0 heterocycles. The predicted octanol–water partition coefficient (Wildman–Crippen LogP) is 4.65. The Bertz CT molecular complexity index is 1630. The summed E-state index contributed by atoms with van der Waals surface area (Å²) in [5.74, 6) is -1.07. The molecule has 36 heavy (non-hydrogen) atoms. The van der Waals surface area contributed by atoms with Crippen molar-refractivity contribution in [2.24, 2.45) is 0 Å². The Balaban J connectivity index is 1.58. The number of fused-ring (bicyclic) bond motifs is 2. The highest BCUT2D eigenvalue weighted by Crippen LogP contribution is 2.40. The van der Waals surface area contributed by atoms with Crippen molar-refractivity contribution in [3.8, 4) is 0 Å². The van der Waals surface area contributed by atoms with Gasteiger partial charge in [0, 0.05) is 29.0 Å². The fourth-order valence-electron chi connectivity index (χ4n) is 4.27. The third kappa shape index (κ3) is 4.21. The number of nitrogen functional groups attached to an aromatic ring is 1. The highest BCUT2D eigenvalue weighted by molar-refractivity contribution is 7.86. The lowest BCUT2D eigenvalue weighted by molar-refractivity contribution is 0.0980. The third-order valence-corrected chi connectivity index (χ3v) is 6.85. The number of anilines is 4. The zero-order chi connectivity index (χ0) is 25.4. The standard InChI is InChI=1S/C27H21N3O5S/c28-25-22(36(33,34)35)14-21(23-24(25)27(32)20-12-5-4-11-19(20)26(23)31)30-18-10-6-9-17(13-18)29-15-16-7-2-1-3-8-16/h1-14,29-30H,15,28H2,(H,33,34,35). The van der Waals surface area contributed by atoms with Crippen LogP contribution in [0.5, 0.6) is 0 Å².